The normalized spacial score (nSPS) is 16.6. The summed E-state index contributed by atoms with van der Waals surface area (Å²) in [5, 5.41) is 11.0. The van der Waals surface area contributed by atoms with Crippen LogP contribution in [0.4, 0.5) is 8.78 Å². The van der Waals surface area contributed by atoms with Crippen LogP contribution in [0.1, 0.15) is 31.2 Å². The van der Waals surface area contributed by atoms with Gasteiger partial charge in [-0.1, -0.05) is 16.5 Å². The SMILES string of the molecule is CC1(NS(=O)(=O)c2ccc3onc(-c4nnc(C(F)F)s4)c3c2)CC1. The van der Waals surface area contributed by atoms with Crippen molar-refractivity contribution in [3.63, 3.8) is 0 Å². The second-order valence-electron chi connectivity index (χ2n) is 6.10. The fourth-order valence-electron chi connectivity index (χ4n) is 2.33. The summed E-state index contributed by atoms with van der Waals surface area (Å²) in [6, 6.07) is 4.29. The first-order valence-corrected chi connectivity index (χ1v) is 9.63. The molecule has 1 aliphatic carbocycles. The van der Waals surface area contributed by atoms with Crippen LogP contribution in [0.25, 0.3) is 21.7 Å². The molecule has 0 spiro atoms. The van der Waals surface area contributed by atoms with E-state index in [1.807, 2.05) is 6.92 Å². The molecule has 0 radical (unpaired) electrons. The molecule has 0 atom stereocenters. The van der Waals surface area contributed by atoms with Gasteiger partial charge < -0.3 is 4.52 Å². The molecule has 11 heteroatoms. The Bertz CT molecular complexity index is 1060. The maximum atomic E-state index is 12.7. The second-order valence-corrected chi connectivity index (χ2v) is 8.79. The molecule has 25 heavy (non-hydrogen) atoms. The summed E-state index contributed by atoms with van der Waals surface area (Å²) in [5.74, 6) is 0. The molecule has 3 aromatic rings. The Morgan fingerprint density at radius 3 is 2.72 bits per heavy atom. The molecule has 1 N–H and O–H groups in total. The highest BCUT2D eigenvalue weighted by Gasteiger charge is 2.41. The van der Waals surface area contributed by atoms with E-state index in [4.69, 9.17) is 4.52 Å². The van der Waals surface area contributed by atoms with Crippen molar-refractivity contribution >= 4 is 32.3 Å². The maximum absolute atomic E-state index is 12.7. The summed E-state index contributed by atoms with van der Waals surface area (Å²) in [6.45, 7) is 1.83. The van der Waals surface area contributed by atoms with Gasteiger partial charge in [-0.15, -0.1) is 10.2 Å². The molecule has 0 bridgehead atoms. The van der Waals surface area contributed by atoms with Gasteiger partial charge in [-0.25, -0.2) is 21.9 Å². The van der Waals surface area contributed by atoms with Crippen LogP contribution in [0.2, 0.25) is 0 Å². The minimum atomic E-state index is -3.70. The highest BCUT2D eigenvalue weighted by molar-refractivity contribution is 7.89. The van der Waals surface area contributed by atoms with Gasteiger partial charge in [-0.2, -0.15) is 0 Å². The van der Waals surface area contributed by atoms with Crippen molar-refractivity contribution < 1.29 is 21.7 Å². The van der Waals surface area contributed by atoms with Gasteiger partial charge in [-0.05, 0) is 38.0 Å². The summed E-state index contributed by atoms with van der Waals surface area (Å²) in [7, 11) is -3.70. The Morgan fingerprint density at radius 2 is 2.08 bits per heavy atom. The molecule has 4 rings (SSSR count). The number of rotatable bonds is 5. The third kappa shape index (κ3) is 3.02. The molecule has 0 unspecified atom stereocenters. The molecule has 0 saturated heterocycles. The van der Waals surface area contributed by atoms with Crippen molar-refractivity contribution in [3.05, 3.63) is 23.2 Å². The molecule has 0 amide bonds. The van der Waals surface area contributed by atoms with Crippen LogP contribution in [0.3, 0.4) is 0 Å². The number of hydrogen-bond donors (Lipinski definition) is 1. The fraction of sp³-hybridized carbons (Fsp3) is 0.357. The first kappa shape index (κ1) is 16.5. The average molecular weight is 386 g/mol. The van der Waals surface area contributed by atoms with Gasteiger partial charge in [0.1, 0.15) is 0 Å². The van der Waals surface area contributed by atoms with Crippen molar-refractivity contribution in [2.45, 2.75) is 36.6 Å². The molecular weight excluding hydrogens is 374 g/mol. The van der Waals surface area contributed by atoms with E-state index in [2.05, 4.69) is 20.1 Å². The summed E-state index contributed by atoms with van der Waals surface area (Å²) in [5.41, 5.74) is 0.117. The predicted octanol–water partition coefficient (Wildman–Crippen LogP) is 3.11. The van der Waals surface area contributed by atoms with Crippen molar-refractivity contribution in [1.82, 2.24) is 20.1 Å². The summed E-state index contributed by atoms with van der Waals surface area (Å²) in [4.78, 5) is 0.0520. The number of alkyl halides is 2. The van der Waals surface area contributed by atoms with E-state index in [9.17, 15) is 17.2 Å². The molecule has 2 heterocycles. The summed E-state index contributed by atoms with van der Waals surface area (Å²) >= 11 is 0.687. The number of benzene rings is 1. The van der Waals surface area contributed by atoms with Gasteiger partial charge >= 0.3 is 0 Å². The molecule has 2 aromatic heterocycles. The van der Waals surface area contributed by atoms with Gasteiger partial charge in [0.2, 0.25) is 10.0 Å². The average Bonchev–Trinajstić information content (AvgIpc) is 2.99. The van der Waals surface area contributed by atoms with E-state index in [1.54, 1.807) is 0 Å². The number of aromatic nitrogens is 3. The highest BCUT2D eigenvalue weighted by atomic mass is 32.2. The third-order valence-corrected chi connectivity index (χ3v) is 6.54. The second kappa shape index (κ2) is 5.51. The van der Waals surface area contributed by atoms with Crippen LogP contribution in [0, 0.1) is 0 Å². The Hall–Kier alpha value is -1.98. The van der Waals surface area contributed by atoms with Crippen LogP contribution in [0.15, 0.2) is 27.6 Å². The van der Waals surface area contributed by atoms with Crippen molar-refractivity contribution in [1.29, 1.82) is 0 Å². The number of fused-ring (bicyclic) bond motifs is 1. The zero-order valence-electron chi connectivity index (χ0n) is 12.9. The Morgan fingerprint density at radius 1 is 1.32 bits per heavy atom. The molecular formula is C14H12F2N4O3S2. The first-order chi connectivity index (χ1) is 11.8. The minimum Gasteiger partial charge on any atom is -0.356 e. The minimum absolute atomic E-state index is 0.0520. The van der Waals surface area contributed by atoms with E-state index < -0.39 is 27.0 Å². The lowest BCUT2D eigenvalue weighted by Crippen LogP contribution is -2.34. The number of nitrogens with one attached hydrogen (secondary N) is 1. The molecule has 1 fully saturated rings. The maximum Gasteiger partial charge on any atom is 0.291 e. The Labute approximate surface area is 145 Å². The number of halogens is 2. The van der Waals surface area contributed by atoms with Gasteiger partial charge in [0.05, 0.1) is 10.3 Å². The van der Waals surface area contributed by atoms with Crippen LogP contribution < -0.4 is 4.72 Å². The van der Waals surface area contributed by atoms with Gasteiger partial charge in [0.15, 0.2) is 21.3 Å². The van der Waals surface area contributed by atoms with E-state index in [-0.39, 0.29) is 15.6 Å². The van der Waals surface area contributed by atoms with Crippen molar-refractivity contribution in [2.24, 2.45) is 0 Å². The molecule has 1 saturated carbocycles. The Kier molecular flexibility index (Phi) is 3.63. The zero-order valence-corrected chi connectivity index (χ0v) is 14.5. The van der Waals surface area contributed by atoms with E-state index in [0.717, 1.165) is 12.8 Å². The topological polar surface area (TPSA) is 98.0 Å². The van der Waals surface area contributed by atoms with Gasteiger partial charge in [0.25, 0.3) is 6.43 Å². The number of sulfonamides is 1. The molecule has 0 aliphatic heterocycles. The van der Waals surface area contributed by atoms with Crippen molar-refractivity contribution in [2.75, 3.05) is 0 Å². The molecule has 132 valence electrons. The lowest BCUT2D eigenvalue weighted by Gasteiger charge is -2.11. The van der Waals surface area contributed by atoms with Crippen LogP contribution in [-0.2, 0) is 10.0 Å². The zero-order chi connectivity index (χ0) is 17.8. The number of nitrogens with zero attached hydrogens (tertiary/aromatic N) is 3. The van der Waals surface area contributed by atoms with Gasteiger partial charge in [-0.3, -0.25) is 0 Å². The standard InChI is InChI=1S/C14H12F2N4O3S2/c1-14(4-5-14)20-25(21,22)7-2-3-9-8(6-7)10(19-23-9)12-17-18-13(24-12)11(15)16/h2-3,6,11,20H,4-5H2,1H3. The van der Waals surface area contributed by atoms with E-state index >= 15 is 0 Å². The van der Waals surface area contributed by atoms with Gasteiger partial charge in [0, 0.05) is 5.54 Å². The first-order valence-electron chi connectivity index (χ1n) is 7.33. The largest absolute Gasteiger partial charge is 0.356 e. The quantitative estimate of drug-likeness (QED) is 0.723. The molecule has 1 aliphatic rings. The fourth-order valence-corrected chi connectivity index (χ4v) is 4.52. The number of hydrogen-bond acceptors (Lipinski definition) is 7. The van der Waals surface area contributed by atoms with Crippen molar-refractivity contribution in [3.8, 4) is 10.7 Å². The molecule has 1 aromatic carbocycles. The molecule has 7 nitrogen and oxygen atoms in total. The monoisotopic (exact) mass is 386 g/mol. The summed E-state index contributed by atoms with van der Waals surface area (Å²) < 4.78 is 58.2. The highest BCUT2D eigenvalue weighted by Crippen LogP contribution is 2.37. The lowest BCUT2D eigenvalue weighted by molar-refractivity contribution is 0.150. The van der Waals surface area contributed by atoms with E-state index in [1.165, 1.54) is 18.2 Å². The third-order valence-electron chi connectivity index (χ3n) is 3.96. The predicted molar refractivity (Wildman–Crippen MR) is 85.8 cm³/mol. The van der Waals surface area contributed by atoms with E-state index in [0.29, 0.717) is 22.3 Å². The van der Waals surface area contributed by atoms with Crippen LogP contribution in [0.5, 0.6) is 0 Å². The van der Waals surface area contributed by atoms with Crippen LogP contribution >= 0.6 is 11.3 Å². The Balaban J connectivity index is 1.77. The summed E-state index contributed by atoms with van der Waals surface area (Å²) in [6.07, 6.45) is -1.16. The smallest absolute Gasteiger partial charge is 0.291 e. The van der Waals surface area contributed by atoms with Crippen LogP contribution in [-0.4, -0.2) is 29.3 Å². The lowest BCUT2D eigenvalue weighted by atomic mass is 10.2.